The second-order valence-electron chi connectivity index (χ2n) is 7.86. The quantitative estimate of drug-likeness (QED) is 0.856. The average molecular weight is 280 g/mol. The zero-order valence-corrected chi connectivity index (χ0v) is 14.1. The summed E-state index contributed by atoms with van der Waals surface area (Å²) in [7, 11) is 0. The first-order valence-electron chi connectivity index (χ1n) is 8.37. The highest BCUT2D eigenvalue weighted by Crippen LogP contribution is 2.43. The first-order valence-corrected chi connectivity index (χ1v) is 8.37. The third kappa shape index (κ3) is 2.61. The number of nitrogens with one attached hydrogen (secondary N) is 1. The minimum atomic E-state index is 0.0174. The van der Waals surface area contributed by atoms with Gasteiger partial charge in [-0.1, -0.05) is 54.4 Å². The Hall–Kier alpha value is -0.570. The summed E-state index contributed by atoms with van der Waals surface area (Å²) >= 11 is 0. The molecule has 1 N–H and O–H groups in total. The highest BCUT2D eigenvalue weighted by molar-refractivity contribution is 5.85. The molecule has 2 rings (SSSR count). The Labute approximate surface area is 124 Å². The third-order valence-electron chi connectivity index (χ3n) is 5.55. The lowest BCUT2D eigenvalue weighted by molar-refractivity contribution is -0.135. The molecule has 0 aromatic heterocycles. The van der Waals surface area contributed by atoms with E-state index in [1.165, 1.54) is 12.8 Å². The van der Waals surface area contributed by atoms with Crippen LogP contribution < -0.4 is 5.32 Å². The molecule has 20 heavy (non-hydrogen) atoms. The second-order valence-corrected chi connectivity index (χ2v) is 7.86. The van der Waals surface area contributed by atoms with Crippen LogP contribution in [-0.2, 0) is 4.79 Å². The Bertz CT molecular complexity index is 364. The van der Waals surface area contributed by atoms with Crippen molar-refractivity contribution in [2.24, 2.45) is 17.3 Å². The van der Waals surface area contributed by atoms with Crippen LogP contribution in [0.5, 0.6) is 0 Å². The van der Waals surface area contributed by atoms with Crippen molar-refractivity contribution in [3.63, 3.8) is 0 Å². The van der Waals surface area contributed by atoms with Crippen LogP contribution in [0.4, 0.5) is 0 Å². The van der Waals surface area contributed by atoms with Gasteiger partial charge in [0.1, 0.15) is 0 Å². The van der Waals surface area contributed by atoms with E-state index in [1.54, 1.807) is 0 Å². The van der Waals surface area contributed by atoms with Crippen molar-refractivity contribution in [2.45, 2.75) is 85.5 Å². The average Bonchev–Trinajstić information content (AvgIpc) is 2.88. The van der Waals surface area contributed by atoms with Gasteiger partial charge in [0.05, 0.1) is 12.2 Å². The summed E-state index contributed by atoms with van der Waals surface area (Å²) in [5.74, 6) is 1.22. The number of carbonyl (C=O) groups is 1. The normalized spacial score (nSPS) is 35.0. The van der Waals surface area contributed by atoms with Crippen LogP contribution in [0.1, 0.15) is 67.2 Å². The maximum absolute atomic E-state index is 13.0. The lowest BCUT2D eigenvalue weighted by Gasteiger charge is -2.39. The van der Waals surface area contributed by atoms with Gasteiger partial charge in [-0.05, 0) is 30.1 Å². The van der Waals surface area contributed by atoms with Crippen LogP contribution in [0.15, 0.2) is 0 Å². The number of amides is 1. The molecular weight excluding hydrogens is 248 g/mol. The molecule has 4 atom stereocenters. The molecule has 1 saturated carbocycles. The van der Waals surface area contributed by atoms with Crippen LogP contribution >= 0.6 is 0 Å². The van der Waals surface area contributed by atoms with Gasteiger partial charge in [0, 0.05) is 6.04 Å². The van der Waals surface area contributed by atoms with E-state index in [0.717, 1.165) is 12.8 Å². The fraction of sp³-hybridized carbons (Fsp3) is 0.941. The second kappa shape index (κ2) is 5.67. The summed E-state index contributed by atoms with van der Waals surface area (Å²) < 4.78 is 0. The molecule has 0 aromatic rings. The zero-order chi connectivity index (χ0) is 15.1. The van der Waals surface area contributed by atoms with Crippen molar-refractivity contribution in [3.8, 4) is 0 Å². The summed E-state index contributed by atoms with van der Waals surface area (Å²) in [5, 5.41) is 3.63. The van der Waals surface area contributed by atoms with Crippen molar-refractivity contribution in [2.75, 3.05) is 0 Å². The largest absolute Gasteiger partial charge is 0.322 e. The maximum atomic E-state index is 13.0. The van der Waals surface area contributed by atoms with Crippen molar-refractivity contribution < 1.29 is 4.79 Å². The highest BCUT2D eigenvalue weighted by atomic mass is 16.2. The summed E-state index contributed by atoms with van der Waals surface area (Å²) in [6.07, 6.45) is 4.91. The molecule has 0 spiro atoms. The third-order valence-corrected chi connectivity index (χ3v) is 5.55. The predicted octanol–water partition coefficient (Wildman–Crippen LogP) is 3.39. The van der Waals surface area contributed by atoms with Crippen molar-refractivity contribution >= 4 is 5.91 Å². The first-order chi connectivity index (χ1) is 9.29. The van der Waals surface area contributed by atoms with Crippen LogP contribution in [0, 0.1) is 17.3 Å². The topological polar surface area (TPSA) is 32.3 Å². The highest BCUT2D eigenvalue weighted by Gasteiger charge is 2.50. The van der Waals surface area contributed by atoms with Gasteiger partial charge in [-0.25, -0.2) is 0 Å². The smallest absolute Gasteiger partial charge is 0.241 e. The molecule has 116 valence electrons. The molecule has 3 nitrogen and oxygen atoms in total. The van der Waals surface area contributed by atoms with E-state index in [2.05, 4.69) is 51.8 Å². The summed E-state index contributed by atoms with van der Waals surface area (Å²) in [5.41, 5.74) is 0.259. The minimum Gasteiger partial charge on any atom is -0.322 e. The van der Waals surface area contributed by atoms with Gasteiger partial charge in [-0.3, -0.25) is 10.1 Å². The number of rotatable bonds is 4. The Morgan fingerprint density at radius 2 is 2.00 bits per heavy atom. The lowest BCUT2D eigenvalue weighted by Crippen LogP contribution is -2.51. The number of nitrogens with zero attached hydrogens (tertiary/aromatic N) is 1. The van der Waals surface area contributed by atoms with E-state index in [-0.39, 0.29) is 17.6 Å². The molecule has 0 radical (unpaired) electrons. The standard InChI is InChI=1S/C17H32N2O/c1-7-12(4)14-16(20)19(15(18-14)11(2)3)13-9-8-10-17(13,5)6/h11-15,18H,7-10H2,1-6H3. The fourth-order valence-corrected chi connectivity index (χ4v) is 3.96. The Balaban J connectivity index is 2.26. The zero-order valence-electron chi connectivity index (χ0n) is 14.1. The summed E-state index contributed by atoms with van der Waals surface area (Å²) in [4.78, 5) is 15.2. The molecular formula is C17H32N2O. The molecule has 1 aliphatic heterocycles. The minimum absolute atomic E-state index is 0.0174. The van der Waals surface area contributed by atoms with E-state index in [9.17, 15) is 4.79 Å². The molecule has 1 heterocycles. The molecule has 0 bridgehead atoms. The molecule has 0 aromatic carbocycles. The summed E-state index contributed by atoms with van der Waals surface area (Å²) in [6, 6.07) is 0.424. The van der Waals surface area contributed by atoms with Crippen LogP contribution in [0.3, 0.4) is 0 Å². The SMILES string of the molecule is CCC(C)C1NC(C(C)C)N(C2CCCC2(C)C)C1=O. The van der Waals surface area contributed by atoms with Crippen LogP contribution in [0.2, 0.25) is 0 Å². The Morgan fingerprint density at radius 3 is 2.45 bits per heavy atom. The van der Waals surface area contributed by atoms with E-state index in [4.69, 9.17) is 0 Å². The number of hydrogen-bond donors (Lipinski definition) is 1. The van der Waals surface area contributed by atoms with Gasteiger partial charge in [-0.15, -0.1) is 0 Å². The lowest BCUT2D eigenvalue weighted by atomic mass is 9.85. The van der Waals surface area contributed by atoms with Gasteiger partial charge in [0.25, 0.3) is 0 Å². The van der Waals surface area contributed by atoms with Crippen LogP contribution in [0.25, 0.3) is 0 Å². The first kappa shape index (κ1) is 15.8. The molecule has 2 fully saturated rings. The maximum Gasteiger partial charge on any atom is 0.241 e. The van der Waals surface area contributed by atoms with E-state index < -0.39 is 0 Å². The molecule has 1 amide bonds. The Morgan fingerprint density at radius 1 is 1.35 bits per heavy atom. The van der Waals surface area contributed by atoms with Gasteiger partial charge in [0.15, 0.2) is 0 Å². The number of carbonyl (C=O) groups excluding carboxylic acids is 1. The fourth-order valence-electron chi connectivity index (χ4n) is 3.96. The molecule has 4 unspecified atom stereocenters. The predicted molar refractivity (Wildman–Crippen MR) is 83.3 cm³/mol. The van der Waals surface area contributed by atoms with Gasteiger partial charge < -0.3 is 4.90 Å². The van der Waals surface area contributed by atoms with E-state index >= 15 is 0 Å². The van der Waals surface area contributed by atoms with E-state index in [0.29, 0.717) is 23.8 Å². The summed E-state index contributed by atoms with van der Waals surface area (Å²) in [6.45, 7) is 13.5. The van der Waals surface area contributed by atoms with Gasteiger partial charge in [-0.2, -0.15) is 0 Å². The Kier molecular flexibility index (Phi) is 4.48. The monoisotopic (exact) mass is 280 g/mol. The molecule has 1 saturated heterocycles. The van der Waals surface area contributed by atoms with Crippen molar-refractivity contribution in [1.29, 1.82) is 0 Å². The van der Waals surface area contributed by atoms with Crippen molar-refractivity contribution in [1.82, 2.24) is 10.2 Å². The van der Waals surface area contributed by atoms with Crippen molar-refractivity contribution in [3.05, 3.63) is 0 Å². The molecule has 1 aliphatic carbocycles. The van der Waals surface area contributed by atoms with E-state index in [1.807, 2.05) is 0 Å². The number of hydrogen-bond acceptors (Lipinski definition) is 2. The van der Waals surface area contributed by atoms with Gasteiger partial charge in [0.2, 0.25) is 5.91 Å². The van der Waals surface area contributed by atoms with Gasteiger partial charge >= 0.3 is 0 Å². The van der Waals surface area contributed by atoms with Crippen LogP contribution in [-0.4, -0.2) is 29.1 Å². The molecule has 3 heteroatoms. The molecule has 2 aliphatic rings.